The summed E-state index contributed by atoms with van der Waals surface area (Å²) in [6.07, 6.45) is 4.42. The summed E-state index contributed by atoms with van der Waals surface area (Å²) < 4.78 is 0. The number of piperazine rings is 1. The van der Waals surface area contributed by atoms with Crippen LogP contribution in [0.3, 0.4) is 0 Å². The summed E-state index contributed by atoms with van der Waals surface area (Å²) in [6, 6.07) is 4.11. The van der Waals surface area contributed by atoms with E-state index >= 15 is 0 Å². The molecule has 160 valence electrons. The Kier molecular flexibility index (Phi) is 7.69. The summed E-state index contributed by atoms with van der Waals surface area (Å²) in [4.78, 5) is 27.9. The molecule has 1 amide bonds. The molecule has 3 heterocycles. The van der Waals surface area contributed by atoms with Gasteiger partial charge in [0.25, 0.3) is 0 Å². The highest BCUT2D eigenvalue weighted by Gasteiger charge is 2.24. The molecule has 1 aromatic heterocycles. The number of nitrogens with zero attached hydrogens (tertiary/aromatic N) is 5. The summed E-state index contributed by atoms with van der Waals surface area (Å²) in [7, 11) is 2.16. The maximum Gasteiger partial charge on any atom is 0.217 e. The van der Waals surface area contributed by atoms with Crippen LogP contribution in [0.1, 0.15) is 31.7 Å². The molecule has 0 bridgehead atoms. The second-order valence-electron chi connectivity index (χ2n) is 8.07. The SMILES string of the molecule is CCNC(=NCc1cccnc1N1CCN(C)CC1)N1CCCC(CC(N)=O)C1. The predicted molar refractivity (Wildman–Crippen MR) is 117 cm³/mol. The molecule has 29 heavy (non-hydrogen) atoms. The third kappa shape index (κ3) is 6.06. The number of pyridine rings is 1. The van der Waals surface area contributed by atoms with Gasteiger partial charge in [-0.05, 0) is 38.8 Å². The van der Waals surface area contributed by atoms with Crippen molar-refractivity contribution in [1.29, 1.82) is 0 Å². The lowest BCUT2D eigenvalue weighted by atomic mass is 9.95. The van der Waals surface area contributed by atoms with Gasteiger partial charge >= 0.3 is 0 Å². The van der Waals surface area contributed by atoms with Crippen molar-refractivity contribution in [3.8, 4) is 0 Å². The minimum absolute atomic E-state index is 0.217. The molecule has 0 aromatic carbocycles. The molecule has 0 saturated carbocycles. The second-order valence-corrected chi connectivity index (χ2v) is 8.07. The van der Waals surface area contributed by atoms with Crippen LogP contribution in [-0.2, 0) is 11.3 Å². The van der Waals surface area contributed by atoms with Crippen molar-refractivity contribution in [3.63, 3.8) is 0 Å². The Bertz CT molecular complexity index is 700. The van der Waals surface area contributed by atoms with Gasteiger partial charge in [-0.15, -0.1) is 0 Å². The average molecular weight is 402 g/mol. The molecule has 2 fully saturated rings. The molecular weight excluding hydrogens is 366 g/mol. The van der Waals surface area contributed by atoms with Gasteiger partial charge < -0.3 is 25.8 Å². The zero-order chi connectivity index (χ0) is 20.6. The van der Waals surface area contributed by atoms with Gasteiger partial charge in [-0.25, -0.2) is 9.98 Å². The van der Waals surface area contributed by atoms with Crippen molar-refractivity contribution in [2.45, 2.75) is 32.7 Å². The van der Waals surface area contributed by atoms with Crippen LogP contribution in [0.4, 0.5) is 5.82 Å². The minimum atomic E-state index is -0.217. The summed E-state index contributed by atoms with van der Waals surface area (Å²) in [6.45, 7) is 9.36. The standard InChI is InChI=1S/C21H35N7O/c1-3-23-21(28-9-5-6-17(16-28)14-19(22)29)25-15-18-7-4-8-24-20(18)27-12-10-26(2)11-13-27/h4,7-8,17H,3,5-6,9-16H2,1-2H3,(H2,22,29)(H,23,25). The Morgan fingerprint density at radius 3 is 2.83 bits per heavy atom. The number of likely N-dealkylation sites (N-methyl/N-ethyl adjacent to an activating group) is 1. The largest absolute Gasteiger partial charge is 0.370 e. The molecule has 0 aliphatic carbocycles. The number of guanidine groups is 1. The first-order valence-electron chi connectivity index (χ1n) is 10.8. The fourth-order valence-corrected chi connectivity index (χ4v) is 4.15. The normalized spacial score (nSPS) is 21.3. The van der Waals surface area contributed by atoms with E-state index in [0.29, 0.717) is 18.9 Å². The Labute approximate surface area is 174 Å². The van der Waals surface area contributed by atoms with Crippen LogP contribution in [0.2, 0.25) is 0 Å². The smallest absolute Gasteiger partial charge is 0.217 e. The van der Waals surface area contributed by atoms with Gasteiger partial charge in [-0.1, -0.05) is 6.07 Å². The van der Waals surface area contributed by atoms with Crippen LogP contribution in [0.5, 0.6) is 0 Å². The maximum atomic E-state index is 11.3. The fraction of sp³-hybridized carbons (Fsp3) is 0.667. The Hall–Kier alpha value is -2.35. The number of nitrogens with one attached hydrogen (secondary N) is 1. The van der Waals surface area contributed by atoms with E-state index in [1.807, 2.05) is 12.3 Å². The zero-order valence-corrected chi connectivity index (χ0v) is 17.8. The van der Waals surface area contributed by atoms with E-state index in [2.05, 4.69) is 45.0 Å². The Balaban J connectivity index is 1.71. The average Bonchev–Trinajstić information content (AvgIpc) is 2.72. The minimum Gasteiger partial charge on any atom is -0.370 e. The molecule has 1 aromatic rings. The number of nitrogens with two attached hydrogens (primary N) is 1. The monoisotopic (exact) mass is 401 g/mol. The molecule has 8 heteroatoms. The van der Waals surface area contributed by atoms with Crippen LogP contribution in [0.25, 0.3) is 0 Å². The molecule has 0 radical (unpaired) electrons. The van der Waals surface area contributed by atoms with E-state index in [1.165, 1.54) is 0 Å². The lowest BCUT2D eigenvalue weighted by molar-refractivity contribution is -0.119. The van der Waals surface area contributed by atoms with Gasteiger partial charge in [-0.2, -0.15) is 0 Å². The number of carbonyl (C=O) groups is 1. The first-order chi connectivity index (χ1) is 14.1. The summed E-state index contributed by atoms with van der Waals surface area (Å²) in [5, 5.41) is 3.42. The first kappa shape index (κ1) is 21.4. The number of likely N-dealkylation sites (tertiary alicyclic amines) is 1. The molecule has 8 nitrogen and oxygen atoms in total. The molecular formula is C21H35N7O. The number of rotatable bonds is 6. The lowest BCUT2D eigenvalue weighted by Gasteiger charge is -2.35. The highest BCUT2D eigenvalue weighted by atomic mass is 16.1. The van der Waals surface area contributed by atoms with E-state index in [4.69, 9.17) is 10.7 Å². The number of anilines is 1. The second kappa shape index (κ2) is 10.4. The van der Waals surface area contributed by atoms with Gasteiger partial charge in [0.1, 0.15) is 5.82 Å². The quantitative estimate of drug-likeness (QED) is 0.543. The van der Waals surface area contributed by atoms with Gasteiger partial charge in [0.2, 0.25) is 5.91 Å². The van der Waals surface area contributed by atoms with Crippen LogP contribution in [0.15, 0.2) is 23.3 Å². The van der Waals surface area contributed by atoms with Gasteiger partial charge in [0.05, 0.1) is 6.54 Å². The van der Waals surface area contributed by atoms with Gasteiger partial charge in [-0.3, -0.25) is 4.79 Å². The zero-order valence-electron chi connectivity index (χ0n) is 17.8. The highest BCUT2D eigenvalue weighted by molar-refractivity contribution is 5.80. The van der Waals surface area contributed by atoms with E-state index in [1.54, 1.807) is 0 Å². The molecule has 1 atom stereocenters. The van der Waals surface area contributed by atoms with E-state index in [0.717, 1.165) is 76.0 Å². The van der Waals surface area contributed by atoms with Crippen molar-refractivity contribution in [1.82, 2.24) is 20.1 Å². The van der Waals surface area contributed by atoms with E-state index in [-0.39, 0.29) is 5.91 Å². The van der Waals surface area contributed by atoms with Crippen molar-refractivity contribution < 1.29 is 4.79 Å². The van der Waals surface area contributed by atoms with Crippen molar-refractivity contribution in [2.24, 2.45) is 16.6 Å². The Morgan fingerprint density at radius 2 is 2.10 bits per heavy atom. The van der Waals surface area contributed by atoms with E-state index < -0.39 is 0 Å². The topological polar surface area (TPSA) is 90.1 Å². The molecule has 1 unspecified atom stereocenters. The number of primary amides is 1. The van der Waals surface area contributed by atoms with Crippen molar-refractivity contribution in [3.05, 3.63) is 23.9 Å². The van der Waals surface area contributed by atoms with Crippen LogP contribution in [0, 0.1) is 5.92 Å². The number of aliphatic imine (C=N–C) groups is 1. The van der Waals surface area contributed by atoms with Gasteiger partial charge in [0, 0.05) is 64.0 Å². The fourth-order valence-electron chi connectivity index (χ4n) is 4.15. The number of piperidine rings is 1. The van der Waals surface area contributed by atoms with Crippen LogP contribution in [-0.4, -0.2) is 79.5 Å². The number of aromatic nitrogens is 1. The molecule has 2 aliphatic rings. The number of hydrogen-bond acceptors (Lipinski definition) is 5. The first-order valence-corrected chi connectivity index (χ1v) is 10.8. The molecule has 2 saturated heterocycles. The molecule has 0 spiro atoms. The summed E-state index contributed by atoms with van der Waals surface area (Å²) in [5.74, 6) is 2.05. The van der Waals surface area contributed by atoms with Gasteiger partial charge in [0.15, 0.2) is 5.96 Å². The molecule has 2 aliphatic heterocycles. The number of amides is 1. The van der Waals surface area contributed by atoms with Crippen LogP contribution < -0.4 is 16.0 Å². The van der Waals surface area contributed by atoms with Crippen molar-refractivity contribution >= 4 is 17.7 Å². The summed E-state index contributed by atoms with van der Waals surface area (Å²) in [5.41, 5.74) is 6.57. The number of carbonyl (C=O) groups excluding carboxylic acids is 1. The van der Waals surface area contributed by atoms with Crippen molar-refractivity contribution in [2.75, 3.05) is 57.8 Å². The predicted octanol–water partition coefficient (Wildman–Crippen LogP) is 0.886. The Morgan fingerprint density at radius 1 is 1.31 bits per heavy atom. The summed E-state index contributed by atoms with van der Waals surface area (Å²) >= 11 is 0. The maximum absolute atomic E-state index is 11.3. The molecule has 3 N–H and O–H groups in total. The third-order valence-electron chi connectivity index (χ3n) is 5.71. The van der Waals surface area contributed by atoms with E-state index in [9.17, 15) is 4.79 Å². The lowest BCUT2D eigenvalue weighted by Crippen LogP contribution is -2.47. The number of hydrogen-bond donors (Lipinski definition) is 2. The third-order valence-corrected chi connectivity index (χ3v) is 5.71. The molecule has 3 rings (SSSR count). The van der Waals surface area contributed by atoms with Crippen LogP contribution >= 0.6 is 0 Å². The highest BCUT2D eigenvalue weighted by Crippen LogP contribution is 2.22.